The summed E-state index contributed by atoms with van der Waals surface area (Å²) in [7, 11) is -4.01. The van der Waals surface area contributed by atoms with Crippen molar-refractivity contribution in [1.29, 1.82) is 5.41 Å². The van der Waals surface area contributed by atoms with Crippen LogP contribution >= 0.6 is 34.3 Å². The van der Waals surface area contributed by atoms with E-state index in [9.17, 15) is 13.2 Å². The molecule has 5 rings (SSSR count). The molecule has 37 heavy (non-hydrogen) atoms. The summed E-state index contributed by atoms with van der Waals surface area (Å²) in [5.74, 6) is -0.237. The molecule has 1 saturated heterocycles. The van der Waals surface area contributed by atoms with E-state index in [-0.39, 0.29) is 22.5 Å². The molecule has 11 heteroatoms. The Morgan fingerprint density at radius 3 is 2.65 bits per heavy atom. The van der Waals surface area contributed by atoms with Crippen molar-refractivity contribution in [1.82, 2.24) is 9.21 Å². The number of nitrogens with zero attached hydrogens (tertiary/aromatic N) is 2. The summed E-state index contributed by atoms with van der Waals surface area (Å²) < 4.78 is 30.8. The number of amidine groups is 1. The zero-order valence-electron chi connectivity index (χ0n) is 20.0. The van der Waals surface area contributed by atoms with Crippen molar-refractivity contribution in [2.24, 2.45) is 5.73 Å². The van der Waals surface area contributed by atoms with Crippen LogP contribution in [0.15, 0.2) is 64.2 Å². The number of fused-ring (bicyclic) bond motifs is 1. The molecular formula is C26H25ClN4O3S3. The van der Waals surface area contributed by atoms with Gasteiger partial charge in [0.25, 0.3) is 10.0 Å². The highest BCUT2D eigenvalue weighted by Crippen LogP contribution is 2.39. The number of benzene rings is 2. The largest absolute Gasteiger partial charge is 0.383 e. The SMILES string of the molecule is Cc1c(S(=O)(=O)N(Cc2ccccc2)[C@H]2CCN(Cc3csc(C(=N)N)c3)C2=O)sc2ccc(Cl)cc12. The zero-order valence-corrected chi connectivity index (χ0v) is 23.2. The van der Waals surface area contributed by atoms with Crippen LogP contribution in [0.25, 0.3) is 10.1 Å². The smallest absolute Gasteiger partial charge is 0.253 e. The van der Waals surface area contributed by atoms with Gasteiger partial charge in [0.1, 0.15) is 16.1 Å². The molecule has 192 valence electrons. The predicted molar refractivity (Wildman–Crippen MR) is 150 cm³/mol. The first-order chi connectivity index (χ1) is 17.6. The van der Waals surface area contributed by atoms with E-state index in [0.29, 0.717) is 35.0 Å². The minimum Gasteiger partial charge on any atom is -0.383 e. The Hall–Kier alpha value is -2.76. The second-order valence-electron chi connectivity index (χ2n) is 8.99. The van der Waals surface area contributed by atoms with E-state index >= 15 is 0 Å². The molecule has 0 spiro atoms. The van der Waals surface area contributed by atoms with Gasteiger partial charge >= 0.3 is 0 Å². The molecule has 3 N–H and O–H groups in total. The normalized spacial score (nSPS) is 16.2. The Balaban J connectivity index is 1.49. The van der Waals surface area contributed by atoms with Gasteiger partial charge in [-0.05, 0) is 65.1 Å². The molecule has 1 fully saturated rings. The standard InChI is InChI=1S/C26H25ClN4O3S3/c1-16-20-12-19(27)7-8-22(20)36-26(16)37(33,34)31(14-17-5-3-2-4-6-17)21-9-10-30(25(21)32)13-18-11-23(24(28)29)35-15-18/h2-8,11-12,15,21H,9-10,13-14H2,1H3,(H3,28,29)/t21-/m0/s1. The third-order valence-electron chi connectivity index (χ3n) is 6.49. The number of carbonyl (C=O) groups excluding carboxylic acids is 1. The van der Waals surface area contributed by atoms with E-state index in [0.717, 1.165) is 21.2 Å². The number of rotatable bonds is 8. The zero-order chi connectivity index (χ0) is 26.3. The highest BCUT2D eigenvalue weighted by molar-refractivity contribution is 7.91. The summed E-state index contributed by atoms with van der Waals surface area (Å²) in [6, 6.07) is 15.7. The van der Waals surface area contributed by atoms with Crippen molar-refractivity contribution in [3.63, 3.8) is 0 Å². The topological polar surface area (TPSA) is 108 Å². The maximum absolute atomic E-state index is 14.2. The molecule has 7 nitrogen and oxygen atoms in total. The second kappa shape index (κ2) is 10.2. The first-order valence-electron chi connectivity index (χ1n) is 11.6. The van der Waals surface area contributed by atoms with Crippen molar-refractivity contribution in [3.05, 3.63) is 86.6 Å². The predicted octanol–water partition coefficient (Wildman–Crippen LogP) is 5.20. The molecule has 1 aliphatic heterocycles. The van der Waals surface area contributed by atoms with E-state index in [1.54, 1.807) is 30.0 Å². The maximum atomic E-state index is 14.2. The maximum Gasteiger partial charge on any atom is 0.253 e. The molecule has 1 aliphatic rings. The molecule has 0 unspecified atom stereocenters. The van der Waals surface area contributed by atoms with Crippen molar-refractivity contribution >= 4 is 66.1 Å². The Kier molecular flexibility index (Phi) is 7.12. The molecular weight excluding hydrogens is 548 g/mol. The fraction of sp³-hybridized carbons (Fsp3) is 0.231. The van der Waals surface area contributed by atoms with Gasteiger partial charge < -0.3 is 10.6 Å². The van der Waals surface area contributed by atoms with E-state index in [1.165, 1.54) is 27.0 Å². The number of sulfonamides is 1. The summed E-state index contributed by atoms with van der Waals surface area (Å²) in [6.07, 6.45) is 0.393. The third-order valence-corrected chi connectivity index (χ3v) is 11.5. The van der Waals surface area contributed by atoms with Crippen LogP contribution in [-0.2, 0) is 27.9 Å². The van der Waals surface area contributed by atoms with Crippen LogP contribution in [0.1, 0.15) is 28.0 Å². The van der Waals surface area contributed by atoms with Crippen LogP contribution in [0.2, 0.25) is 5.02 Å². The summed E-state index contributed by atoms with van der Waals surface area (Å²) in [4.78, 5) is 15.9. The number of amides is 1. The fourth-order valence-corrected chi connectivity index (χ4v) is 9.01. The molecule has 0 saturated carbocycles. The molecule has 0 aliphatic carbocycles. The molecule has 1 amide bonds. The Labute approximate surface area is 228 Å². The van der Waals surface area contributed by atoms with Gasteiger partial charge in [0.2, 0.25) is 5.91 Å². The molecule has 2 aromatic heterocycles. The highest BCUT2D eigenvalue weighted by Gasteiger charge is 2.43. The number of nitrogens with one attached hydrogen (secondary N) is 1. The third kappa shape index (κ3) is 5.04. The van der Waals surface area contributed by atoms with E-state index in [2.05, 4.69) is 0 Å². The first-order valence-corrected chi connectivity index (χ1v) is 15.1. The minimum atomic E-state index is -4.01. The summed E-state index contributed by atoms with van der Waals surface area (Å²) >= 11 is 8.74. The lowest BCUT2D eigenvalue weighted by Gasteiger charge is -2.27. The lowest BCUT2D eigenvalue weighted by atomic mass is 10.2. The van der Waals surface area contributed by atoms with Gasteiger partial charge in [-0.25, -0.2) is 8.42 Å². The quantitative estimate of drug-likeness (QED) is 0.223. The van der Waals surface area contributed by atoms with Gasteiger partial charge in [-0.1, -0.05) is 41.9 Å². The average molecular weight is 573 g/mol. The number of halogens is 1. The number of nitrogen functional groups attached to an aromatic ring is 1. The van der Waals surface area contributed by atoms with Crippen LogP contribution < -0.4 is 5.73 Å². The van der Waals surface area contributed by atoms with Crippen LogP contribution in [0.5, 0.6) is 0 Å². The molecule has 0 radical (unpaired) electrons. The second-order valence-corrected chi connectivity index (χ2v) is 13.5. The van der Waals surface area contributed by atoms with Crippen molar-refractivity contribution in [2.45, 2.75) is 36.7 Å². The molecule has 4 aromatic rings. The van der Waals surface area contributed by atoms with E-state index in [1.807, 2.05) is 41.8 Å². The van der Waals surface area contributed by atoms with Crippen LogP contribution in [0.4, 0.5) is 0 Å². The summed E-state index contributed by atoms with van der Waals surface area (Å²) in [6.45, 7) is 2.67. The van der Waals surface area contributed by atoms with Gasteiger partial charge in [-0.2, -0.15) is 4.31 Å². The average Bonchev–Trinajstić information content (AvgIpc) is 3.57. The van der Waals surface area contributed by atoms with Crippen LogP contribution in [0, 0.1) is 12.3 Å². The van der Waals surface area contributed by atoms with Gasteiger partial charge in [-0.3, -0.25) is 10.2 Å². The monoisotopic (exact) mass is 572 g/mol. The van der Waals surface area contributed by atoms with Crippen LogP contribution in [0.3, 0.4) is 0 Å². The number of hydrogen-bond acceptors (Lipinski definition) is 6. The molecule has 1 atom stereocenters. The first kappa shape index (κ1) is 25.9. The van der Waals surface area contributed by atoms with Gasteiger partial charge in [-0.15, -0.1) is 22.7 Å². The lowest BCUT2D eigenvalue weighted by molar-refractivity contribution is -0.131. The number of hydrogen-bond donors (Lipinski definition) is 2. The minimum absolute atomic E-state index is 0.0120. The van der Waals surface area contributed by atoms with Gasteiger partial charge in [0.05, 0.1) is 4.88 Å². The lowest BCUT2D eigenvalue weighted by Crippen LogP contribution is -2.44. The Morgan fingerprint density at radius 2 is 1.95 bits per heavy atom. The Morgan fingerprint density at radius 1 is 1.19 bits per heavy atom. The number of thiophene rings is 2. The van der Waals surface area contributed by atoms with Gasteiger partial charge in [0, 0.05) is 29.4 Å². The summed E-state index contributed by atoms with van der Waals surface area (Å²) in [5, 5.41) is 10.8. The molecule has 3 heterocycles. The van der Waals surface area contributed by atoms with E-state index in [4.69, 9.17) is 22.7 Å². The van der Waals surface area contributed by atoms with Crippen molar-refractivity contribution in [2.75, 3.05) is 6.54 Å². The molecule has 2 aromatic carbocycles. The van der Waals surface area contributed by atoms with Crippen molar-refractivity contribution < 1.29 is 13.2 Å². The number of likely N-dealkylation sites (tertiary alicyclic amines) is 1. The number of carbonyl (C=O) groups is 1. The van der Waals surface area contributed by atoms with Crippen molar-refractivity contribution in [3.8, 4) is 0 Å². The van der Waals surface area contributed by atoms with Gasteiger partial charge in [0.15, 0.2) is 0 Å². The van der Waals surface area contributed by atoms with Crippen LogP contribution in [-0.4, -0.2) is 42.0 Å². The summed E-state index contributed by atoms with van der Waals surface area (Å²) in [5.41, 5.74) is 7.90. The number of nitrogens with two attached hydrogens (primary N) is 1. The fourth-order valence-electron chi connectivity index (χ4n) is 4.62. The highest BCUT2D eigenvalue weighted by atomic mass is 35.5. The Bertz CT molecular complexity index is 1600. The van der Waals surface area contributed by atoms with E-state index < -0.39 is 16.1 Å². The molecule has 0 bridgehead atoms. The number of aryl methyl sites for hydroxylation is 1.